The highest BCUT2D eigenvalue weighted by molar-refractivity contribution is 7.17. The number of thiophene rings is 1. The van der Waals surface area contributed by atoms with Gasteiger partial charge in [0.05, 0.1) is 21.8 Å². The number of aromatic nitrogens is 1. The predicted molar refractivity (Wildman–Crippen MR) is 50.6 cm³/mol. The number of pyridine rings is 1. The van der Waals surface area contributed by atoms with Gasteiger partial charge >= 0.3 is 0 Å². The smallest absolute Gasteiger partial charge is 0.0825 e. The first-order valence-corrected chi connectivity index (χ1v) is 4.70. The first kappa shape index (κ1) is 7.98. The van der Waals surface area contributed by atoms with Gasteiger partial charge in [-0.05, 0) is 11.4 Å². The van der Waals surface area contributed by atoms with Gasteiger partial charge in [-0.1, -0.05) is 11.6 Å². The maximum Gasteiger partial charge on any atom is 0.0825 e. The molecule has 0 saturated heterocycles. The van der Waals surface area contributed by atoms with Gasteiger partial charge in [-0.25, -0.2) is 0 Å². The first-order chi connectivity index (χ1) is 5.83. The average Bonchev–Trinajstić information content (AvgIpc) is 2.53. The Labute approximate surface area is 78.4 Å². The van der Waals surface area contributed by atoms with Crippen LogP contribution in [0, 0.1) is 0 Å². The molecule has 0 atom stereocenters. The summed E-state index contributed by atoms with van der Waals surface area (Å²) in [4.78, 5) is 4.14. The molecule has 4 heteroatoms. The van der Waals surface area contributed by atoms with E-state index in [-0.39, 0.29) is 6.61 Å². The largest absolute Gasteiger partial charge is 0.392 e. The fraction of sp³-hybridized carbons (Fsp3) is 0.125. The summed E-state index contributed by atoms with van der Waals surface area (Å²) in [5.74, 6) is 0. The van der Waals surface area contributed by atoms with E-state index in [1.807, 2.05) is 11.4 Å². The van der Waals surface area contributed by atoms with Crippen molar-refractivity contribution in [3.63, 3.8) is 0 Å². The van der Waals surface area contributed by atoms with Crippen LogP contribution in [0.2, 0.25) is 5.02 Å². The van der Waals surface area contributed by atoms with E-state index in [1.54, 1.807) is 6.20 Å². The van der Waals surface area contributed by atoms with Gasteiger partial charge in [0.1, 0.15) is 0 Å². The van der Waals surface area contributed by atoms with Crippen molar-refractivity contribution < 1.29 is 5.11 Å². The Hall–Kier alpha value is -0.640. The Morgan fingerprint density at radius 2 is 2.42 bits per heavy atom. The highest BCUT2D eigenvalue weighted by atomic mass is 35.5. The van der Waals surface area contributed by atoms with Gasteiger partial charge in [-0.2, -0.15) is 0 Å². The zero-order chi connectivity index (χ0) is 8.55. The van der Waals surface area contributed by atoms with E-state index < -0.39 is 0 Å². The Kier molecular flexibility index (Phi) is 2.00. The van der Waals surface area contributed by atoms with E-state index in [4.69, 9.17) is 16.7 Å². The van der Waals surface area contributed by atoms with Crippen LogP contribution in [-0.4, -0.2) is 10.1 Å². The van der Waals surface area contributed by atoms with E-state index in [0.717, 1.165) is 10.2 Å². The number of rotatable bonds is 1. The first-order valence-electron chi connectivity index (χ1n) is 3.44. The fourth-order valence-electron chi connectivity index (χ4n) is 1.03. The molecule has 0 radical (unpaired) electrons. The number of hydrogen-bond donors (Lipinski definition) is 1. The van der Waals surface area contributed by atoms with Crippen LogP contribution >= 0.6 is 22.9 Å². The topological polar surface area (TPSA) is 33.1 Å². The third-order valence-corrected chi connectivity index (χ3v) is 3.12. The van der Waals surface area contributed by atoms with Crippen molar-refractivity contribution in [2.75, 3.05) is 0 Å². The number of aliphatic hydroxyl groups excluding tert-OH is 1. The van der Waals surface area contributed by atoms with E-state index >= 15 is 0 Å². The molecule has 2 heterocycles. The van der Waals surface area contributed by atoms with Crippen molar-refractivity contribution in [1.29, 1.82) is 0 Å². The molecule has 0 spiro atoms. The summed E-state index contributed by atoms with van der Waals surface area (Å²) in [5, 5.41) is 11.5. The van der Waals surface area contributed by atoms with Crippen LogP contribution in [0.1, 0.15) is 5.56 Å². The third-order valence-electron chi connectivity index (χ3n) is 1.66. The summed E-state index contributed by atoms with van der Waals surface area (Å²) in [6.07, 6.45) is 1.61. The molecule has 0 amide bonds. The summed E-state index contributed by atoms with van der Waals surface area (Å²) in [7, 11) is 0. The lowest BCUT2D eigenvalue weighted by molar-refractivity contribution is 0.281. The van der Waals surface area contributed by atoms with E-state index in [2.05, 4.69) is 4.98 Å². The van der Waals surface area contributed by atoms with Gasteiger partial charge in [0.15, 0.2) is 0 Å². The Morgan fingerprint density at radius 1 is 1.58 bits per heavy atom. The summed E-state index contributed by atoms with van der Waals surface area (Å²) < 4.78 is 0.947. The zero-order valence-corrected chi connectivity index (χ0v) is 7.69. The maximum absolute atomic E-state index is 8.90. The van der Waals surface area contributed by atoms with E-state index in [9.17, 15) is 0 Å². The lowest BCUT2D eigenvalue weighted by Crippen LogP contribution is -1.86. The number of fused-ring (bicyclic) bond motifs is 1. The summed E-state index contributed by atoms with van der Waals surface area (Å²) in [6, 6.07) is 1.91. The van der Waals surface area contributed by atoms with Crippen molar-refractivity contribution >= 4 is 33.2 Å². The number of nitrogens with zero attached hydrogens (tertiary/aromatic N) is 1. The minimum absolute atomic E-state index is 0.0559. The highest BCUT2D eigenvalue weighted by Crippen LogP contribution is 2.29. The lowest BCUT2D eigenvalue weighted by Gasteiger charge is -1.99. The van der Waals surface area contributed by atoms with Gasteiger partial charge in [0, 0.05) is 11.8 Å². The molecule has 0 unspecified atom stereocenters. The number of halogens is 1. The minimum atomic E-state index is -0.0559. The molecule has 0 fully saturated rings. The molecule has 0 aliphatic heterocycles. The molecular formula is C8H6ClNOS. The van der Waals surface area contributed by atoms with Crippen LogP contribution in [0.3, 0.4) is 0 Å². The summed E-state index contributed by atoms with van der Waals surface area (Å²) in [5.41, 5.74) is 1.58. The minimum Gasteiger partial charge on any atom is -0.392 e. The number of hydrogen-bond acceptors (Lipinski definition) is 3. The van der Waals surface area contributed by atoms with Crippen LogP contribution in [-0.2, 0) is 6.61 Å². The highest BCUT2D eigenvalue weighted by Gasteiger charge is 2.05. The molecule has 1 N–H and O–H groups in total. The molecule has 2 nitrogen and oxygen atoms in total. The van der Waals surface area contributed by atoms with Crippen molar-refractivity contribution in [2.45, 2.75) is 6.61 Å². The molecule has 0 saturated carbocycles. The molecule has 0 aliphatic rings. The van der Waals surface area contributed by atoms with Crippen LogP contribution in [0.15, 0.2) is 17.6 Å². The molecule has 0 aliphatic carbocycles. The Morgan fingerprint density at radius 3 is 3.17 bits per heavy atom. The van der Waals surface area contributed by atoms with Gasteiger partial charge < -0.3 is 5.11 Å². The summed E-state index contributed by atoms with van der Waals surface area (Å²) >= 11 is 7.53. The van der Waals surface area contributed by atoms with Gasteiger partial charge in [0.2, 0.25) is 0 Å². The van der Waals surface area contributed by atoms with E-state index in [1.165, 1.54) is 11.3 Å². The Bertz CT molecular complexity index is 412. The quantitative estimate of drug-likeness (QED) is 0.766. The molecule has 12 heavy (non-hydrogen) atoms. The second-order valence-electron chi connectivity index (χ2n) is 2.39. The molecule has 2 aromatic rings. The molecule has 2 aromatic heterocycles. The Balaban J connectivity index is 2.78. The molecule has 0 bridgehead atoms. The molecule has 62 valence electrons. The van der Waals surface area contributed by atoms with Gasteiger partial charge in [-0.3, -0.25) is 4.98 Å². The van der Waals surface area contributed by atoms with Crippen LogP contribution in [0.5, 0.6) is 0 Å². The lowest BCUT2D eigenvalue weighted by atomic mass is 10.3. The zero-order valence-electron chi connectivity index (χ0n) is 6.12. The van der Waals surface area contributed by atoms with Gasteiger partial charge in [-0.15, -0.1) is 11.3 Å². The van der Waals surface area contributed by atoms with Crippen molar-refractivity contribution in [3.05, 3.63) is 28.2 Å². The monoisotopic (exact) mass is 199 g/mol. The van der Waals surface area contributed by atoms with E-state index in [0.29, 0.717) is 10.6 Å². The summed E-state index contributed by atoms with van der Waals surface area (Å²) in [6.45, 7) is -0.0559. The van der Waals surface area contributed by atoms with Gasteiger partial charge in [0.25, 0.3) is 0 Å². The number of aliphatic hydroxyl groups is 1. The standard InChI is InChI=1S/C8H6ClNOS/c9-7-5(4-11)3-10-6-1-2-12-8(6)7/h1-3,11H,4H2. The average molecular weight is 200 g/mol. The van der Waals surface area contributed by atoms with Crippen LogP contribution in [0.25, 0.3) is 10.2 Å². The van der Waals surface area contributed by atoms with Crippen molar-refractivity contribution in [3.8, 4) is 0 Å². The third kappa shape index (κ3) is 1.10. The van der Waals surface area contributed by atoms with Crippen molar-refractivity contribution in [2.24, 2.45) is 0 Å². The fourth-order valence-corrected chi connectivity index (χ4v) is 2.18. The predicted octanol–water partition coefficient (Wildman–Crippen LogP) is 2.44. The normalized spacial score (nSPS) is 10.8. The molecular weight excluding hydrogens is 194 g/mol. The maximum atomic E-state index is 8.90. The van der Waals surface area contributed by atoms with Crippen LogP contribution < -0.4 is 0 Å². The molecule has 0 aromatic carbocycles. The SMILES string of the molecule is OCc1cnc2ccsc2c1Cl. The van der Waals surface area contributed by atoms with Crippen molar-refractivity contribution in [1.82, 2.24) is 4.98 Å². The molecule has 2 rings (SSSR count). The van der Waals surface area contributed by atoms with Crippen LogP contribution in [0.4, 0.5) is 0 Å². The second-order valence-corrected chi connectivity index (χ2v) is 3.68. The second kappa shape index (κ2) is 3.01.